The predicted molar refractivity (Wildman–Crippen MR) is 65.7 cm³/mol. The summed E-state index contributed by atoms with van der Waals surface area (Å²) in [6.07, 6.45) is 4.80. The molecule has 6 heteroatoms. The van der Waals surface area contributed by atoms with E-state index in [-0.39, 0.29) is 5.76 Å². The molecule has 1 amide bonds. The van der Waals surface area contributed by atoms with Crippen molar-refractivity contribution in [2.75, 3.05) is 0 Å². The number of furan rings is 1. The van der Waals surface area contributed by atoms with E-state index in [0.717, 1.165) is 5.56 Å². The molecule has 0 fully saturated rings. The maximum Gasteiger partial charge on any atom is 0.307 e. The van der Waals surface area contributed by atoms with Crippen LogP contribution in [0.2, 0.25) is 0 Å². The van der Waals surface area contributed by atoms with Gasteiger partial charge in [-0.1, -0.05) is 6.07 Å². The summed E-state index contributed by atoms with van der Waals surface area (Å²) in [5.74, 6) is -0.212. The van der Waals surface area contributed by atoms with Crippen molar-refractivity contribution in [1.29, 1.82) is 0 Å². The third kappa shape index (κ3) is 3.25. The van der Waals surface area contributed by atoms with Crippen LogP contribution in [0.1, 0.15) is 16.1 Å². The molecule has 17 heavy (non-hydrogen) atoms. The van der Waals surface area contributed by atoms with Crippen molar-refractivity contribution >= 4 is 28.1 Å². The van der Waals surface area contributed by atoms with Gasteiger partial charge in [-0.3, -0.25) is 9.78 Å². The van der Waals surface area contributed by atoms with Crippen LogP contribution in [0.3, 0.4) is 0 Å². The Morgan fingerprint density at radius 3 is 3.00 bits per heavy atom. The Balaban J connectivity index is 1.95. The van der Waals surface area contributed by atoms with Gasteiger partial charge < -0.3 is 4.42 Å². The van der Waals surface area contributed by atoms with E-state index in [4.69, 9.17) is 4.42 Å². The van der Waals surface area contributed by atoms with Crippen LogP contribution in [0, 0.1) is 0 Å². The molecule has 0 atom stereocenters. The Labute approximate surface area is 106 Å². The number of carbonyl (C=O) groups is 1. The Hall–Kier alpha value is -1.95. The molecule has 0 aliphatic carbocycles. The van der Waals surface area contributed by atoms with Gasteiger partial charge in [0.1, 0.15) is 0 Å². The molecule has 0 saturated heterocycles. The third-order valence-electron chi connectivity index (χ3n) is 1.86. The molecule has 86 valence electrons. The number of amides is 1. The van der Waals surface area contributed by atoms with Crippen molar-refractivity contribution in [2.45, 2.75) is 0 Å². The SMILES string of the molecule is O=C(N/N=C/c1cccnc1)c1ccc(Br)o1. The van der Waals surface area contributed by atoms with E-state index in [1.54, 1.807) is 30.6 Å². The van der Waals surface area contributed by atoms with Gasteiger partial charge in [0.25, 0.3) is 0 Å². The summed E-state index contributed by atoms with van der Waals surface area (Å²) in [5.41, 5.74) is 3.15. The molecule has 2 rings (SSSR count). The topological polar surface area (TPSA) is 67.5 Å². The molecule has 2 aromatic rings. The average molecular weight is 294 g/mol. The summed E-state index contributed by atoms with van der Waals surface area (Å²) in [6.45, 7) is 0. The fourth-order valence-corrected chi connectivity index (χ4v) is 1.42. The monoisotopic (exact) mass is 293 g/mol. The number of carbonyl (C=O) groups excluding carboxylic acids is 1. The minimum Gasteiger partial charge on any atom is -0.444 e. The Bertz CT molecular complexity index is 537. The van der Waals surface area contributed by atoms with Crippen LogP contribution in [-0.2, 0) is 0 Å². The quantitative estimate of drug-likeness (QED) is 0.697. The van der Waals surface area contributed by atoms with Gasteiger partial charge in [0.05, 0.1) is 6.21 Å². The number of hydrogen-bond acceptors (Lipinski definition) is 4. The standard InChI is InChI=1S/C11H8BrN3O2/c12-10-4-3-9(17-10)11(16)15-14-7-8-2-1-5-13-6-8/h1-7H,(H,15,16)/b14-7+. The lowest BCUT2D eigenvalue weighted by Gasteiger charge is -1.94. The summed E-state index contributed by atoms with van der Waals surface area (Å²) in [5, 5.41) is 3.79. The fraction of sp³-hybridized carbons (Fsp3) is 0. The van der Waals surface area contributed by atoms with Crippen LogP contribution >= 0.6 is 15.9 Å². The highest BCUT2D eigenvalue weighted by molar-refractivity contribution is 9.10. The zero-order chi connectivity index (χ0) is 12.1. The lowest BCUT2D eigenvalue weighted by atomic mass is 10.3. The molecular formula is C11H8BrN3O2. The Morgan fingerprint density at radius 1 is 1.47 bits per heavy atom. The second-order valence-electron chi connectivity index (χ2n) is 3.09. The van der Waals surface area contributed by atoms with Crippen LogP contribution in [-0.4, -0.2) is 17.1 Å². The van der Waals surface area contributed by atoms with Crippen molar-refractivity contribution in [1.82, 2.24) is 10.4 Å². The number of rotatable bonds is 3. The molecule has 2 heterocycles. The van der Waals surface area contributed by atoms with Crippen molar-refractivity contribution in [3.63, 3.8) is 0 Å². The highest BCUT2D eigenvalue weighted by Crippen LogP contribution is 2.13. The van der Waals surface area contributed by atoms with E-state index in [1.807, 2.05) is 6.07 Å². The summed E-state index contributed by atoms with van der Waals surface area (Å²) in [7, 11) is 0. The number of halogens is 1. The molecule has 0 bridgehead atoms. The van der Waals surface area contributed by atoms with Gasteiger partial charge in [-0.2, -0.15) is 5.10 Å². The fourth-order valence-electron chi connectivity index (χ4n) is 1.11. The molecule has 0 spiro atoms. The van der Waals surface area contributed by atoms with Crippen LogP contribution in [0.5, 0.6) is 0 Å². The number of hydrogen-bond donors (Lipinski definition) is 1. The number of nitrogens with one attached hydrogen (secondary N) is 1. The van der Waals surface area contributed by atoms with E-state index in [1.165, 1.54) is 6.21 Å². The van der Waals surface area contributed by atoms with Crippen LogP contribution in [0.25, 0.3) is 0 Å². The lowest BCUT2D eigenvalue weighted by molar-refractivity contribution is 0.0926. The van der Waals surface area contributed by atoms with E-state index in [2.05, 4.69) is 31.4 Å². The summed E-state index contributed by atoms with van der Waals surface area (Å²) < 4.78 is 5.57. The van der Waals surface area contributed by atoms with E-state index in [0.29, 0.717) is 4.67 Å². The summed E-state index contributed by atoms with van der Waals surface area (Å²) in [6, 6.07) is 6.80. The van der Waals surface area contributed by atoms with Crippen molar-refractivity contribution in [3.05, 3.63) is 52.7 Å². The van der Waals surface area contributed by atoms with Gasteiger partial charge >= 0.3 is 5.91 Å². The van der Waals surface area contributed by atoms with Gasteiger partial charge in [-0.05, 0) is 34.1 Å². The number of aromatic nitrogens is 1. The van der Waals surface area contributed by atoms with Crippen LogP contribution < -0.4 is 5.43 Å². The van der Waals surface area contributed by atoms with Crippen LogP contribution in [0.15, 0.2) is 50.8 Å². The highest BCUT2D eigenvalue weighted by atomic mass is 79.9. The van der Waals surface area contributed by atoms with E-state index < -0.39 is 5.91 Å². The van der Waals surface area contributed by atoms with E-state index >= 15 is 0 Å². The maximum absolute atomic E-state index is 11.5. The van der Waals surface area contributed by atoms with E-state index in [9.17, 15) is 4.79 Å². The minimum atomic E-state index is -0.407. The van der Waals surface area contributed by atoms with Crippen LogP contribution in [0.4, 0.5) is 0 Å². The maximum atomic E-state index is 11.5. The molecule has 1 N–H and O–H groups in total. The molecule has 5 nitrogen and oxygen atoms in total. The number of pyridine rings is 1. The van der Waals surface area contributed by atoms with Gasteiger partial charge in [-0.15, -0.1) is 0 Å². The smallest absolute Gasteiger partial charge is 0.307 e. The van der Waals surface area contributed by atoms with Gasteiger partial charge in [0.15, 0.2) is 10.4 Å². The van der Waals surface area contributed by atoms with Crippen molar-refractivity contribution in [2.24, 2.45) is 5.10 Å². The summed E-state index contributed by atoms with van der Waals surface area (Å²) >= 11 is 3.11. The predicted octanol–water partition coefficient (Wildman–Crippen LogP) is 2.20. The molecule has 0 radical (unpaired) electrons. The largest absolute Gasteiger partial charge is 0.444 e. The minimum absolute atomic E-state index is 0.195. The molecule has 0 saturated carbocycles. The number of hydrazone groups is 1. The molecule has 0 aliphatic heterocycles. The first-order valence-electron chi connectivity index (χ1n) is 4.74. The number of nitrogens with zero attached hydrogens (tertiary/aromatic N) is 2. The molecule has 0 unspecified atom stereocenters. The van der Waals surface area contributed by atoms with Crippen molar-refractivity contribution < 1.29 is 9.21 Å². The van der Waals surface area contributed by atoms with Crippen molar-refractivity contribution in [3.8, 4) is 0 Å². The second kappa shape index (κ2) is 5.40. The van der Waals surface area contributed by atoms with Gasteiger partial charge in [-0.25, -0.2) is 5.43 Å². The first-order valence-corrected chi connectivity index (χ1v) is 5.54. The average Bonchev–Trinajstić information content (AvgIpc) is 2.77. The third-order valence-corrected chi connectivity index (χ3v) is 2.29. The Morgan fingerprint density at radius 2 is 2.35 bits per heavy atom. The molecular weight excluding hydrogens is 286 g/mol. The normalized spacial score (nSPS) is 10.6. The second-order valence-corrected chi connectivity index (χ2v) is 3.87. The molecule has 2 aromatic heterocycles. The molecule has 0 aliphatic rings. The van der Waals surface area contributed by atoms with Gasteiger partial charge in [0, 0.05) is 18.0 Å². The lowest BCUT2D eigenvalue weighted by Crippen LogP contribution is -2.16. The van der Waals surface area contributed by atoms with Gasteiger partial charge in [0.2, 0.25) is 0 Å². The molecule has 0 aromatic carbocycles. The zero-order valence-corrected chi connectivity index (χ0v) is 10.2. The summed E-state index contributed by atoms with van der Waals surface area (Å²) in [4.78, 5) is 15.4. The highest BCUT2D eigenvalue weighted by Gasteiger charge is 2.08. The zero-order valence-electron chi connectivity index (χ0n) is 8.63. The Kier molecular flexibility index (Phi) is 3.66. The first-order chi connectivity index (χ1) is 8.25. The first kappa shape index (κ1) is 11.5.